The Bertz CT molecular complexity index is 112. The van der Waals surface area contributed by atoms with Gasteiger partial charge in [0.15, 0.2) is 0 Å². The van der Waals surface area contributed by atoms with E-state index < -0.39 is 8.80 Å². The van der Waals surface area contributed by atoms with Crippen molar-refractivity contribution in [1.82, 2.24) is 0 Å². The molecule has 13 heavy (non-hydrogen) atoms. The van der Waals surface area contributed by atoms with Crippen molar-refractivity contribution in [3.05, 3.63) is 0 Å². The summed E-state index contributed by atoms with van der Waals surface area (Å²) in [7, 11) is 0.755. The molecule has 80 valence electrons. The molecule has 0 unspecified atom stereocenters. The first kappa shape index (κ1) is 13.0. The number of hydrogen-bond donors (Lipinski definition) is 2. The monoisotopic (exact) mass is 208 g/mol. The minimum atomic E-state index is -2.45. The van der Waals surface area contributed by atoms with Crippen LogP contribution >= 0.6 is 0 Å². The van der Waals surface area contributed by atoms with Crippen LogP contribution in [0.1, 0.15) is 6.42 Å². The van der Waals surface area contributed by atoms with Crippen molar-refractivity contribution in [3.8, 4) is 0 Å². The van der Waals surface area contributed by atoms with Crippen LogP contribution in [0.3, 0.4) is 0 Å². The van der Waals surface area contributed by atoms with Crippen molar-refractivity contribution in [1.29, 1.82) is 0 Å². The van der Waals surface area contributed by atoms with E-state index in [2.05, 4.69) is 0 Å². The van der Waals surface area contributed by atoms with Crippen LogP contribution < -0.4 is 11.5 Å². The molecule has 0 bridgehead atoms. The normalized spacial score (nSPS) is 12.0. The average Bonchev–Trinajstić information content (AvgIpc) is 2.20. The van der Waals surface area contributed by atoms with Crippen LogP contribution in [0.2, 0.25) is 6.04 Å². The van der Waals surface area contributed by atoms with Crippen LogP contribution in [0.15, 0.2) is 0 Å². The molecule has 0 heterocycles. The molecule has 0 aromatic carbocycles. The number of rotatable bonds is 8. The quantitative estimate of drug-likeness (QED) is 0.528. The molecule has 0 atom stereocenters. The van der Waals surface area contributed by atoms with E-state index in [1.54, 1.807) is 14.2 Å². The summed E-state index contributed by atoms with van der Waals surface area (Å²) in [5, 5.41) is 0. The minimum Gasteiger partial charge on any atom is -0.377 e. The van der Waals surface area contributed by atoms with Crippen LogP contribution in [0, 0.1) is 0 Å². The Morgan fingerprint density at radius 2 is 1.69 bits per heavy atom. The predicted octanol–water partition coefficient (Wildman–Crippen LogP) is -0.458. The highest BCUT2D eigenvalue weighted by Crippen LogP contribution is 2.14. The zero-order valence-corrected chi connectivity index (χ0v) is 9.41. The van der Waals surface area contributed by atoms with Gasteiger partial charge in [0.2, 0.25) is 0 Å². The Hall–Kier alpha value is 0.0169. The average molecular weight is 208 g/mol. The van der Waals surface area contributed by atoms with Crippen LogP contribution in [0.25, 0.3) is 0 Å². The van der Waals surface area contributed by atoms with Crippen molar-refractivity contribution in [3.63, 3.8) is 0 Å². The molecule has 0 aliphatic rings. The summed E-state index contributed by atoms with van der Waals surface area (Å²) < 4.78 is 16.0. The fraction of sp³-hybridized carbons (Fsp3) is 1.00. The van der Waals surface area contributed by atoms with Crippen LogP contribution in [-0.2, 0) is 13.3 Å². The first-order valence-corrected chi connectivity index (χ1v) is 6.32. The van der Waals surface area contributed by atoms with Crippen LogP contribution in [-0.4, -0.2) is 42.7 Å². The molecular weight excluding hydrogens is 188 g/mol. The van der Waals surface area contributed by atoms with Gasteiger partial charge in [-0.25, -0.2) is 0 Å². The molecule has 0 spiro atoms. The lowest BCUT2D eigenvalue weighted by Gasteiger charge is -2.25. The molecule has 0 fully saturated rings. The van der Waals surface area contributed by atoms with Gasteiger partial charge in [-0.05, 0) is 13.0 Å². The smallest absolute Gasteiger partial charge is 0.377 e. The highest BCUT2D eigenvalue weighted by atomic mass is 28.4. The zero-order valence-electron chi connectivity index (χ0n) is 8.41. The Morgan fingerprint density at radius 3 is 2.08 bits per heavy atom. The number of hydrogen-bond acceptors (Lipinski definition) is 5. The molecule has 5 nitrogen and oxygen atoms in total. The maximum atomic E-state index is 5.49. The summed E-state index contributed by atoms with van der Waals surface area (Å²) >= 11 is 0. The van der Waals surface area contributed by atoms with Gasteiger partial charge in [0.05, 0.1) is 6.61 Å². The van der Waals surface area contributed by atoms with Gasteiger partial charge < -0.3 is 24.7 Å². The topological polar surface area (TPSA) is 79.7 Å². The molecule has 0 aromatic rings. The van der Waals surface area contributed by atoms with Crippen LogP contribution in [0.5, 0.6) is 0 Å². The van der Waals surface area contributed by atoms with Crippen molar-refractivity contribution >= 4 is 8.80 Å². The maximum absolute atomic E-state index is 5.49. The highest BCUT2D eigenvalue weighted by Gasteiger charge is 2.37. The van der Waals surface area contributed by atoms with Gasteiger partial charge in [0.1, 0.15) is 0 Å². The summed E-state index contributed by atoms with van der Waals surface area (Å²) in [4.78, 5) is 0. The predicted molar refractivity (Wildman–Crippen MR) is 53.3 cm³/mol. The van der Waals surface area contributed by atoms with Gasteiger partial charge in [-0.15, -0.1) is 0 Å². The second kappa shape index (κ2) is 7.42. The zero-order chi connectivity index (χ0) is 10.2. The molecular formula is C7H20N2O3Si. The molecule has 0 amide bonds. The summed E-state index contributed by atoms with van der Waals surface area (Å²) in [5.74, 6) is 0. The SMILES string of the molecule is CO[Si](CCCN)(OC)OCCN. The van der Waals surface area contributed by atoms with Gasteiger partial charge in [-0.2, -0.15) is 0 Å². The van der Waals surface area contributed by atoms with E-state index in [1.165, 1.54) is 0 Å². The second-order valence-electron chi connectivity index (χ2n) is 2.62. The lowest BCUT2D eigenvalue weighted by atomic mass is 10.5. The standard InChI is InChI=1S/C7H20N2O3Si/c1-10-13(11-2,7-3-4-8)12-6-5-9/h3-9H2,1-2H3. The first-order chi connectivity index (χ1) is 6.24. The minimum absolute atomic E-state index is 0.471. The molecule has 0 aliphatic carbocycles. The fourth-order valence-electron chi connectivity index (χ4n) is 1.01. The molecule has 4 N–H and O–H groups in total. The van der Waals surface area contributed by atoms with Gasteiger partial charge in [0, 0.05) is 26.8 Å². The number of nitrogens with two attached hydrogens (primary N) is 2. The molecule has 0 saturated carbocycles. The third-order valence-corrected chi connectivity index (χ3v) is 4.60. The largest absolute Gasteiger partial charge is 0.500 e. The fourth-order valence-corrected chi connectivity index (χ4v) is 3.03. The van der Waals surface area contributed by atoms with E-state index >= 15 is 0 Å². The van der Waals surface area contributed by atoms with Gasteiger partial charge in [0.25, 0.3) is 0 Å². The van der Waals surface area contributed by atoms with Gasteiger partial charge in [-0.3, -0.25) is 0 Å². The maximum Gasteiger partial charge on any atom is 0.500 e. The molecule has 0 aromatic heterocycles. The van der Waals surface area contributed by atoms with Crippen molar-refractivity contribution in [2.45, 2.75) is 12.5 Å². The summed E-state index contributed by atoms with van der Waals surface area (Å²) in [5.41, 5.74) is 10.7. The van der Waals surface area contributed by atoms with E-state index in [1.807, 2.05) is 0 Å². The van der Waals surface area contributed by atoms with E-state index in [4.69, 9.17) is 24.7 Å². The van der Waals surface area contributed by atoms with E-state index in [9.17, 15) is 0 Å². The Labute approximate surface area is 80.7 Å². The Balaban J connectivity index is 3.97. The van der Waals surface area contributed by atoms with Crippen molar-refractivity contribution in [2.24, 2.45) is 11.5 Å². The summed E-state index contributed by atoms with van der Waals surface area (Å²) in [6.45, 7) is 1.57. The molecule has 0 rings (SSSR count). The third-order valence-electron chi connectivity index (χ3n) is 1.75. The Kier molecular flexibility index (Phi) is 7.43. The highest BCUT2D eigenvalue weighted by molar-refractivity contribution is 6.60. The van der Waals surface area contributed by atoms with Crippen molar-refractivity contribution < 1.29 is 13.3 Å². The molecule has 0 radical (unpaired) electrons. The van der Waals surface area contributed by atoms with Crippen LogP contribution in [0.4, 0.5) is 0 Å². The van der Waals surface area contributed by atoms with E-state index in [0.717, 1.165) is 12.5 Å². The van der Waals surface area contributed by atoms with Crippen molar-refractivity contribution in [2.75, 3.05) is 33.9 Å². The molecule has 0 aliphatic heterocycles. The van der Waals surface area contributed by atoms with E-state index in [0.29, 0.717) is 19.7 Å². The van der Waals surface area contributed by atoms with Gasteiger partial charge >= 0.3 is 8.80 Å². The summed E-state index contributed by atoms with van der Waals surface area (Å²) in [6, 6.07) is 0.747. The lowest BCUT2D eigenvalue weighted by molar-refractivity contribution is 0.101. The lowest BCUT2D eigenvalue weighted by Crippen LogP contribution is -2.45. The second-order valence-corrected chi connectivity index (χ2v) is 5.59. The molecule has 6 heteroatoms. The summed E-state index contributed by atoms with van der Waals surface area (Å²) in [6.07, 6.45) is 0.846. The Morgan fingerprint density at radius 1 is 1.08 bits per heavy atom. The first-order valence-electron chi connectivity index (χ1n) is 4.39. The van der Waals surface area contributed by atoms with E-state index in [-0.39, 0.29) is 0 Å². The third kappa shape index (κ3) is 4.70. The molecule has 0 saturated heterocycles. The van der Waals surface area contributed by atoms with Gasteiger partial charge in [-0.1, -0.05) is 0 Å².